The lowest BCUT2D eigenvalue weighted by Gasteiger charge is -2.37. The summed E-state index contributed by atoms with van der Waals surface area (Å²) in [7, 11) is -2.94. The molecule has 149 heavy (non-hydrogen) atoms. The molecular weight excluding hydrogens is 2130 g/mol. The maximum atomic E-state index is 12.4. The van der Waals surface area contributed by atoms with E-state index in [0.29, 0.717) is 89.5 Å². The van der Waals surface area contributed by atoms with E-state index in [9.17, 15) is 39.3 Å². The molecule has 3 aliphatic carbocycles. The molecule has 9 heterocycles. The lowest BCUT2D eigenvalue weighted by Crippen LogP contribution is -2.50. The first-order valence-corrected chi connectivity index (χ1v) is 54.7. The Kier molecular flexibility index (Phi) is 40.1. The summed E-state index contributed by atoms with van der Waals surface area (Å²) >= 11 is 13.7. The van der Waals surface area contributed by atoms with Crippen molar-refractivity contribution in [1.82, 2.24) is 45.2 Å². The molecule has 0 unspecified atom stereocenters. The number of benzene rings is 9. The lowest BCUT2D eigenvalue weighted by atomic mass is 9.80. The molecule has 6 fully saturated rings. The lowest BCUT2D eigenvalue weighted by molar-refractivity contribution is 0.0230. The second-order valence-electron chi connectivity index (χ2n) is 41.8. The minimum atomic E-state index is -1.47. The number of hydrogen-bond donors (Lipinski definition) is 6. The van der Waals surface area contributed by atoms with Crippen molar-refractivity contribution in [1.29, 1.82) is 0 Å². The van der Waals surface area contributed by atoms with Crippen LogP contribution in [0.1, 0.15) is 136 Å². The Morgan fingerprint density at radius 3 is 0.879 bits per heavy atom. The highest BCUT2D eigenvalue weighted by Crippen LogP contribution is 2.46. The zero-order valence-electron chi connectivity index (χ0n) is 87.6. The Morgan fingerprint density at radius 2 is 0.570 bits per heavy atom. The van der Waals surface area contributed by atoms with Crippen LogP contribution in [0.3, 0.4) is 0 Å². The summed E-state index contributed by atoms with van der Waals surface area (Å²) in [5.41, 5.74) is 25.0. The number of halogens is 4. The van der Waals surface area contributed by atoms with E-state index in [1.807, 2.05) is 156 Å². The Labute approximate surface area is 913 Å². The Morgan fingerprint density at radius 1 is 0.289 bits per heavy atom. The van der Waals surface area contributed by atoms with Crippen molar-refractivity contribution in [2.75, 3.05) is 168 Å². The summed E-state index contributed by atoms with van der Waals surface area (Å²) in [6.45, 7) is 40.3. The molecule has 3 aromatic heterocycles. The fraction of sp³-hybridized carbons (Fsp3) is 0.376. The van der Waals surface area contributed by atoms with Gasteiger partial charge in [0.2, 0.25) is 0 Å². The van der Waals surface area contributed by atoms with Crippen LogP contribution in [0.25, 0.3) is 55.6 Å². The number of rotatable bonds is 9. The summed E-state index contributed by atoms with van der Waals surface area (Å²) in [6.07, 6.45) is 11.7. The predicted octanol–water partition coefficient (Wildman–Crippen LogP) is 20.8. The number of hydrogen-bond acceptors (Lipinski definition) is 22. The van der Waals surface area contributed by atoms with E-state index in [0.717, 1.165) is 107 Å². The van der Waals surface area contributed by atoms with E-state index in [1.165, 1.54) is 133 Å². The van der Waals surface area contributed by atoms with Gasteiger partial charge in [-0.05, 0) is 279 Å². The highest BCUT2D eigenvalue weighted by molar-refractivity contribution is 9.11. The van der Waals surface area contributed by atoms with E-state index in [1.54, 1.807) is 56.0 Å². The van der Waals surface area contributed by atoms with Crippen LogP contribution in [-0.4, -0.2) is 260 Å². The van der Waals surface area contributed by atoms with Gasteiger partial charge < -0.3 is 93.8 Å². The first-order valence-electron chi connectivity index (χ1n) is 51.5. The Balaban J connectivity index is 0.000000139. The average Bonchev–Trinajstić information content (AvgIpc) is 1.64. The third-order valence-corrected chi connectivity index (χ3v) is 28.2. The van der Waals surface area contributed by atoms with Gasteiger partial charge in [0, 0.05) is 232 Å². The fourth-order valence-electron chi connectivity index (χ4n) is 18.8. The summed E-state index contributed by atoms with van der Waals surface area (Å²) in [4.78, 5) is 80.4. The second kappa shape index (κ2) is 52.9. The van der Waals surface area contributed by atoms with Gasteiger partial charge in [-0.2, -0.15) is 0 Å². The number of fused-ring (bicyclic) bond motifs is 9. The first-order chi connectivity index (χ1) is 71.3. The SMILES string of the molecule is Brc1cccc(Br)c1.Brc1ccnc2c1-c1ccccc1C2.C1CCNCC1.CC(C)(C)OC(=O)N1CCN(c2cccc(-c3ccnc4c3-c3ccccc3C4)c2)CC1.CC(C)(C)OC(=O)N1CCN(c2cccc(B(O)O)c2)CC1.CC(C)(C)OC(=O)N1CCN(c2cccc(B(O)O)c2)CC1.CC(C)(C)OC(=O)N1CCN(c2cccc(Br)c2)CC1.c1cc(-c2ccnc3c2-c2ccccc2C3)cc(N2CCNCC2)c1. The van der Waals surface area contributed by atoms with Gasteiger partial charge in [0.25, 0.3) is 0 Å². The molecule has 784 valence electrons. The summed E-state index contributed by atoms with van der Waals surface area (Å²) < 4.78 is 26.1. The molecule has 0 spiro atoms. The quantitative estimate of drug-likeness (QED) is 0.0578. The van der Waals surface area contributed by atoms with Gasteiger partial charge in [0.15, 0.2) is 0 Å². The zero-order chi connectivity index (χ0) is 106. The third kappa shape index (κ3) is 32.9. The molecule has 32 heteroatoms. The number of anilines is 5. The topological polar surface area (TPSA) is 278 Å². The standard InChI is InChI=1S/C27H29N3O2.C22H21N3.2C15H23BN2O4.C15H21BrN2O2.C12H8BrN.C6H4Br2.C5H11N/c1-27(2,3)32-26(31)30-15-13-29(14-16-30)21-9-6-8-19(17-21)23-11-12-28-24-18-20-7-4-5-10-22(20)25(23)24;1-2-7-19-17(4-1)15-21-22(19)20(8-9-24-21)16-5-3-6-18(14-16)25-12-10-23-11-13-25;2*1-15(2,3)22-14(19)18-9-7-17(8-10-18)13-6-4-5-12(11-13)16(20)21;1-15(2,3)20-14(19)18-9-7-17(8-10-18)13-6-4-5-12(16)11-13;13-10-5-6-14-11-7-8-3-1-2-4-9(8)12(10)11;7-5-2-1-3-6(8)4-5;1-2-4-6-5-3-1/h4-12,17H,13-16,18H2,1-3H3;1-9,14,23H,10-13,15H2;2*4-6,11,20-21H,7-10H2,1-3H3;4-6,11H,7-10H2,1-3H3;1-6H,7H2;1-4H;6H,1-5H2. The third-order valence-electron chi connectivity index (χ3n) is 26.1. The number of nitrogens with zero attached hydrogens (tertiary/aromatic N) is 12. The van der Waals surface area contributed by atoms with Crippen LogP contribution in [0, 0.1) is 0 Å². The monoisotopic (exact) mass is 2270 g/mol. The van der Waals surface area contributed by atoms with E-state index in [4.69, 9.17) is 18.9 Å². The van der Waals surface area contributed by atoms with Crippen LogP contribution >= 0.6 is 63.7 Å². The van der Waals surface area contributed by atoms with Gasteiger partial charge in [0.05, 0.1) is 17.1 Å². The average molecular weight is 2280 g/mol. The van der Waals surface area contributed by atoms with E-state index >= 15 is 0 Å². The van der Waals surface area contributed by atoms with Crippen LogP contribution in [0.15, 0.2) is 273 Å². The van der Waals surface area contributed by atoms with Crippen molar-refractivity contribution >= 4 is 142 Å². The zero-order valence-corrected chi connectivity index (χ0v) is 94.0. The molecule has 9 aromatic carbocycles. The number of carbonyl (C=O) groups is 4. The highest BCUT2D eigenvalue weighted by atomic mass is 79.9. The van der Waals surface area contributed by atoms with E-state index < -0.39 is 36.6 Å². The minimum Gasteiger partial charge on any atom is -0.444 e. The molecule has 6 saturated heterocycles. The number of piperazine rings is 5. The summed E-state index contributed by atoms with van der Waals surface area (Å²) in [6, 6.07) is 80.3. The number of ether oxygens (including phenoxy) is 4. The minimum absolute atomic E-state index is 0.216. The molecule has 21 rings (SSSR count). The van der Waals surface area contributed by atoms with E-state index in [-0.39, 0.29) is 24.4 Å². The molecule has 0 bridgehead atoms. The maximum absolute atomic E-state index is 12.4. The Bertz CT molecular complexity index is 6360. The molecule has 0 atom stereocenters. The molecule has 6 aliphatic heterocycles. The normalized spacial score (nSPS) is 15.4. The summed E-state index contributed by atoms with van der Waals surface area (Å²) in [5.74, 6) is 0. The van der Waals surface area contributed by atoms with Crippen molar-refractivity contribution < 1.29 is 58.2 Å². The molecule has 12 aromatic rings. The van der Waals surface area contributed by atoms with Gasteiger partial charge in [-0.25, -0.2) is 19.2 Å². The Hall–Kier alpha value is -11.7. The number of carbonyl (C=O) groups excluding carboxylic acids is 4. The number of amides is 4. The van der Waals surface area contributed by atoms with E-state index in [2.05, 4.69) is 259 Å². The van der Waals surface area contributed by atoms with Crippen LogP contribution < -0.4 is 46.1 Å². The highest BCUT2D eigenvalue weighted by Gasteiger charge is 2.34. The molecule has 0 radical (unpaired) electrons. The van der Waals surface area contributed by atoms with Crippen LogP contribution in [0.2, 0.25) is 0 Å². The van der Waals surface area contributed by atoms with Gasteiger partial charge in [-0.15, -0.1) is 0 Å². The van der Waals surface area contributed by atoms with Crippen LogP contribution in [0.5, 0.6) is 0 Å². The molecule has 4 amide bonds. The van der Waals surface area contributed by atoms with Gasteiger partial charge in [-0.1, -0.05) is 204 Å². The fourth-order valence-corrected chi connectivity index (χ4v) is 20.9. The first kappa shape index (κ1) is 113. The molecule has 0 saturated carbocycles. The number of aromatic nitrogens is 3. The molecule has 26 nitrogen and oxygen atoms in total. The summed E-state index contributed by atoms with van der Waals surface area (Å²) in [5, 5.41) is 43.7. The van der Waals surface area contributed by atoms with Crippen molar-refractivity contribution in [3.8, 4) is 55.6 Å². The second-order valence-corrected chi connectivity index (χ2v) is 45.4. The largest absolute Gasteiger partial charge is 0.488 e. The predicted molar refractivity (Wildman–Crippen MR) is 616 cm³/mol. The smallest absolute Gasteiger partial charge is 0.444 e. The maximum Gasteiger partial charge on any atom is 0.488 e. The number of nitrogens with one attached hydrogen (secondary N) is 2. The van der Waals surface area contributed by atoms with Crippen molar-refractivity contribution in [3.63, 3.8) is 0 Å². The molecule has 9 aliphatic rings. The van der Waals surface area contributed by atoms with Crippen LogP contribution in [0.4, 0.5) is 47.6 Å². The van der Waals surface area contributed by atoms with Crippen molar-refractivity contribution in [2.24, 2.45) is 0 Å². The van der Waals surface area contributed by atoms with Gasteiger partial charge in [0.1, 0.15) is 22.4 Å². The van der Waals surface area contributed by atoms with Crippen molar-refractivity contribution in [3.05, 3.63) is 307 Å². The number of pyridine rings is 3. The number of piperidine rings is 1. The van der Waals surface area contributed by atoms with Gasteiger partial charge >= 0.3 is 38.6 Å². The molecular formula is C117H140B2Br4N14O12. The van der Waals surface area contributed by atoms with Crippen LogP contribution in [-0.2, 0) is 38.2 Å². The molecule has 6 N–H and O–H groups in total. The van der Waals surface area contributed by atoms with Crippen molar-refractivity contribution in [2.45, 2.75) is 144 Å². The van der Waals surface area contributed by atoms with Gasteiger partial charge in [-0.3, -0.25) is 15.0 Å².